The summed E-state index contributed by atoms with van der Waals surface area (Å²) in [6, 6.07) is 6.66. The van der Waals surface area contributed by atoms with E-state index in [1.165, 1.54) is 25.7 Å². The predicted molar refractivity (Wildman–Crippen MR) is 87.4 cm³/mol. The van der Waals surface area contributed by atoms with Gasteiger partial charge in [0.1, 0.15) is 0 Å². The van der Waals surface area contributed by atoms with Gasteiger partial charge in [-0.05, 0) is 50.9 Å². The van der Waals surface area contributed by atoms with Gasteiger partial charge in [0, 0.05) is 12.1 Å². The van der Waals surface area contributed by atoms with Crippen LogP contribution < -0.4 is 5.73 Å². The summed E-state index contributed by atoms with van der Waals surface area (Å²) < 4.78 is 0. The van der Waals surface area contributed by atoms with E-state index in [9.17, 15) is 0 Å². The number of benzene rings is 1. The molecule has 1 saturated carbocycles. The van der Waals surface area contributed by atoms with Crippen molar-refractivity contribution in [3.05, 3.63) is 33.8 Å². The summed E-state index contributed by atoms with van der Waals surface area (Å²) in [6.07, 6.45) is 5.06. The van der Waals surface area contributed by atoms with Crippen LogP contribution in [0.3, 0.4) is 0 Å². The van der Waals surface area contributed by atoms with Crippen molar-refractivity contribution in [3.8, 4) is 0 Å². The predicted octanol–water partition coefficient (Wildman–Crippen LogP) is 4.50. The van der Waals surface area contributed by atoms with Crippen LogP contribution in [-0.4, -0.2) is 24.5 Å². The Morgan fingerprint density at radius 3 is 2.70 bits per heavy atom. The fourth-order valence-corrected chi connectivity index (χ4v) is 3.81. The Bertz CT molecular complexity index is 450. The van der Waals surface area contributed by atoms with Crippen molar-refractivity contribution in [2.24, 2.45) is 11.7 Å². The molecule has 3 atom stereocenters. The number of nitrogens with two attached hydrogens (primary N) is 1. The molecule has 4 heteroatoms. The molecule has 0 saturated heterocycles. The molecule has 1 aromatic rings. The van der Waals surface area contributed by atoms with Gasteiger partial charge in [-0.15, -0.1) is 0 Å². The maximum atomic E-state index is 6.36. The lowest BCUT2D eigenvalue weighted by Crippen LogP contribution is -2.44. The average molecular weight is 315 g/mol. The van der Waals surface area contributed by atoms with Crippen LogP contribution in [0.4, 0.5) is 0 Å². The maximum absolute atomic E-state index is 6.36. The summed E-state index contributed by atoms with van der Waals surface area (Å²) in [7, 11) is 2.18. The summed E-state index contributed by atoms with van der Waals surface area (Å²) in [4.78, 5) is 2.42. The smallest absolute Gasteiger partial charge is 0.0640 e. The Morgan fingerprint density at radius 1 is 1.30 bits per heavy atom. The Labute approximate surface area is 132 Å². The summed E-state index contributed by atoms with van der Waals surface area (Å²) in [6.45, 7) is 2.96. The molecule has 0 aromatic heterocycles. The molecule has 1 fully saturated rings. The largest absolute Gasteiger partial charge is 0.330 e. The van der Waals surface area contributed by atoms with Crippen LogP contribution in [0.25, 0.3) is 0 Å². The van der Waals surface area contributed by atoms with E-state index in [1.54, 1.807) is 0 Å². The van der Waals surface area contributed by atoms with Crippen molar-refractivity contribution in [2.75, 3.05) is 13.6 Å². The van der Waals surface area contributed by atoms with Crippen molar-refractivity contribution in [2.45, 2.75) is 44.7 Å². The Morgan fingerprint density at radius 2 is 2.00 bits per heavy atom. The first kappa shape index (κ1) is 16.1. The van der Waals surface area contributed by atoms with Crippen LogP contribution in [0.5, 0.6) is 0 Å². The lowest BCUT2D eigenvalue weighted by atomic mass is 9.83. The van der Waals surface area contributed by atoms with Crippen molar-refractivity contribution >= 4 is 23.2 Å². The summed E-state index contributed by atoms with van der Waals surface area (Å²) in [5, 5.41) is 1.30. The second kappa shape index (κ2) is 7.13. The molecule has 1 aromatic carbocycles. The van der Waals surface area contributed by atoms with Crippen molar-refractivity contribution in [1.82, 2.24) is 4.90 Å². The lowest BCUT2D eigenvalue weighted by molar-refractivity contribution is 0.0989. The molecule has 3 unspecified atom stereocenters. The van der Waals surface area contributed by atoms with Crippen LogP contribution in [0.2, 0.25) is 10.0 Å². The van der Waals surface area contributed by atoms with E-state index in [0.29, 0.717) is 22.0 Å². The number of nitrogens with zero attached hydrogens (tertiary/aromatic N) is 1. The van der Waals surface area contributed by atoms with Crippen LogP contribution in [0.1, 0.15) is 44.2 Å². The molecule has 2 rings (SSSR count). The van der Waals surface area contributed by atoms with Gasteiger partial charge in [0.25, 0.3) is 0 Å². The van der Waals surface area contributed by atoms with Gasteiger partial charge in [0.05, 0.1) is 10.0 Å². The second-order valence-electron chi connectivity index (χ2n) is 5.83. The molecule has 0 spiro atoms. The van der Waals surface area contributed by atoms with Gasteiger partial charge in [-0.3, -0.25) is 4.90 Å². The number of hydrogen-bond donors (Lipinski definition) is 1. The van der Waals surface area contributed by atoms with Crippen molar-refractivity contribution < 1.29 is 0 Å². The molecular formula is C16H24Cl2N2. The summed E-state index contributed by atoms with van der Waals surface area (Å²) >= 11 is 12.5. The van der Waals surface area contributed by atoms with Crippen LogP contribution in [0, 0.1) is 5.92 Å². The van der Waals surface area contributed by atoms with E-state index in [1.807, 2.05) is 12.1 Å². The third-order valence-corrected chi connectivity index (χ3v) is 5.57. The molecule has 20 heavy (non-hydrogen) atoms. The molecule has 2 nitrogen and oxygen atoms in total. The molecule has 112 valence electrons. The van der Waals surface area contributed by atoms with Crippen LogP contribution in [-0.2, 0) is 0 Å². The van der Waals surface area contributed by atoms with E-state index < -0.39 is 0 Å². The standard InChI is InChI=1S/C16H24Cl2N2/c1-11(13-7-5-8-14(17)16(13)18)20(2)15-9-4-3-6-12(15)10-19/h5,7-8,11-12,15H,3-4,6,9-10,19H2,1-2H3. The Hall–Kier alpha value is -0.280. The molecular weight excluding hydrogens is 291 g/mol. The van der Waals surface area contributed by atoms with Crippen molar-refractivity contribution in [1.29, 1.82) is 0 Å². The van der Waals surface area contributed by atoms with Crippen LogP contribution in [0.15, 0.2) is 18.2 Å². The number of halogens is 2. The molecule has 0 bridgehead atoms. The van der Waals surface area contributed by atoms with Crippen LogP contribution >= 0.6 is 23.2 Å². The minimum Gasteiger partial charge on any atom is -0.330 e. The third-order valence-electron chi connectivity index (χ3n) is 4.74. The van der Waals surface area contributed by atoms with Gasteiger partial charge in [-0.1, -0.05) is 48.2 Å². The highest BCUT2D eigenvalue weighted by Gasteiger charge is 2.30. The summed E-state index contributed by atoms with van der Waals surface area (Å²) in [5.74, 6) is 0.592. The Kier molecular flexibility index (Phi) is 5.74. The zero-order valence-corrected chi connectivity index (χ0v) is 13.8. The highest BCUT2D eigenvalue weighted by atomic mass is 35.5. The fraction of sp³-hybridized carbons (Fsp3) is 0.625. The number of hydrogen-bond acceptors (Lipinski definition) is 2. The highest BCUT2D eigenvalue weighted by molar-refractivity contribution is 6.42. The van der Waals surface area contributed by atoms with E-state index >= 15 is 0 Å². The first-order chi connectivity index (χ1) is 9.56. The maximum Gasteiger partial charge on any atom is 0.0640 e. The van der Waals surface area contributed by atoms with E-state index in [4.69, 9.17) is 28.9 Å². The van der Waals surface area contributed by atoms with Crippen molar-refractivity contribution in [3.63, 3.8) is 0 Å². The van der Waals surface area contributed by atoms with E-state index in [0.717, 1.165) is 12.1 Å². The first-order valence-electron chi connectivity index (χ1n) is 7.42. The number of rotatable bonds is 4. The minimum absolute atomic E-state index is 0.248. The topological polar surface area (TPSA) is 29.3 Å². The SMILES string of the molecule is CC(c1cccc(Cl)c1Cl)N(C)C1CCCCC1CN. The fourth-order valence-electron chi connectivity index (χ4n) is 3.35. The second-order valence-corrected chi connectivity index (χ2v) is 6.62. The lowest BCUT2D eigenvalue weighted by Gasteiger charge is -2.41. The van der Waals surface area contributed by atoms with Gasteiger partial charge in [-0.25, -0.2) is 0 Å². The van der Waals surface area contributed by atoms with Gasteiger partial charge in [0.2, 0.25) is 0 Å². The first-order valence-corrected chi connectivity index (χ1v) is 8.17. The average Bonchev–Trinajstić information content (AvgIpc) is 2.48. The highest BCUT2D eigenvalue weighted by Crippen LogP contribution is 2.36. The third kappa shape index (κ3) is 3.30. The molecule has 0 aliphatic heterocycles. The monoisotopic (exact) mass is 314 g/mol. The van der Waals surface area contributed by atoms with Gasteiger partial charge < -0.3 is 5.73 Å². The molecule has 0 radical (unpaired) electrons. The minimum atomic E-state index is 0.248. The molecule has 1 aliphatic carbocycles. The van der Waals surface area contributed by atoms with E-state index in [-0.39, 0.29) is 6.04 Å². The van der Waals surface area contributed by atoms with Gasteiger partial charge in [0.15, 0.2) is 0 Å². The molecule has 1 aliphatic rings. The van der Waals surface area contributed by atoms with E-state index in [2.05, 4.69) is 24.9 Å². The Balaban J connectivity index is 2.18. The zero-order valence-electron chi connectivity index (χ0n) is 12.3. The zero-order chi connectivity index (χ0) is 14.7. The summed E-state index contributed by atoms with van der Waals surface area (Å²) in [5.41, 5.74) is 7.05. The molecule has 2 N–H and O–H groups in total. The molecule has 0 amide bonds. The van der Waals surface area contributed by atoms with Gasteiger partial charge >= 0.3 is 0 Å². The quantitative estimate of drug-likeness (QED) is 0.886. The molecule has 0 heterocycles. The normalized spacial score (nSPS) is 24.9. The van der Waals surface area contributed by atoms with Gasteiger partial charge in [-0.2, -0.15) is 0 Å².